The molecule has 0 atom stereocenters. The molecule has 0 aromatic heterocycles. The third kappa shape index (κ3) is 4.70. The molecule has 0 aliphatic carbocycles. The first-order valence-corrected chi connectivity index (χ1v) is 4.60. The summed E-state index contributed by atoms with van der Waals surface area (Å²) < 4.78 is 0. The normalized spacial score (nSPS) is 8.46. The quantitative estimate of drug-likeness (QED) is 0.660. The van der Waals surface area contributed by atoms with E-state index in [0.717, 1.165) is 0 Å². The average Bonchev–Trinajstić information content (AvgIpc) is 2.19. The first kappa shape index (κ1) is 11.3. The summed E-state index contributed by atoms with van der Waals surface area (Å²) in [6.07, 6.45) is 0. The summed E-state index contributed by atoms with van der Waals surface area (Å²) in [5.74, 6) is -0.592. The van der Waals surface area contributed by atoms with E-state index in [1.165, 1.54) is 11.8 Å². The second-order valence-electron chi connectivity index (χ2n) is 2.16. The Morgan fingerprint density at radius 3 is 1.31 bits per heavy atom. The molecular weight excluding hydrogens is 184 g/mol. The number of hydrogen-bond donors (Lipinski definition) is 0. The predicted molar refractivity (Wildman–Crippen MR) is 46.8 cm³/mol. The van der Waals surface area contributed by atoms with Gasteiger partial charge in [-0.05, 0) is 0 Å². The van der Waals surface area contributed by atoms with Crippen molar-refractivity contribution in [3.8, 4) is 24.3 Å². The number of nitrogens with zero attached hydrogens (tertiary/aromatic N) is 4. The smallest absolute Gasteiger partial charge is 0.142 e. The highest BCUT2D eigenvalue weighted by Crippen LogP contribution is 2.11. The van der Waals surface area contributed by atoms with Gasteiger partial charge in [-0.2, -0.15) is 32.8 Å². The van der Waals surface area contributed by atoms with Crippen molar-refractivity contribution in [2.45, 2.75) is 0 Å². The van der Waals surface area contributed by atoms with Crippen molar-refractivity contribution < 1.29 is 0 Å². The highest BCUT2D eigenvalue weighted by molar-refractivity contribution is 7.99. The molecule has 0 rings (SSSR count). The van der Waals surface area contributed by atoms with Gasteiger partial charge in [0, 0.05) is 11.5 Å². The lowest BCUT2D eigenvalue weighted by atomic mass is 10.2. The molecule has 0 unspecified atom stereocenters. The van der Waals surface area contributed by atoms with Crippen molar-refractivity contribution in [1.29, 1.82) is 21.0 Å². The highest BCUT2D eigenvalue weighted by atomic mass is 32.2. The Balaban J connectivity index is 3.72. The van der Waals surface area contributed by atoms with Gasteiger partial charge < -0.3 is 0 Å². The van der Waals surface area contributed by atoms with Crippen LogP contribution in [0.15, 0.2) is 0 Å². The second kappa shape index (κ2) is 6.99. The maximum atomic E-state index is 8.39. The molecule has 0 saturated carbocycles. The molecule has 0 spiro atoms. The van der Waals surface area contributed by atoms with Gasteiger partial charge in [0.05, 0.1) is 24.3 Å². The van der Waals surface area contributed by atoms with Gasteiger partial charge in [0.1, 0.15) is 11.8 Å². The van der Waals surface area contributed by atoms with Crippen molar-refractivity contribution >= 4 is 11.8 Å². The predicted octanol–water partition coefficient (Wildman–Crippen LogP) is 1.05. The highest BCUT2D eigenvalue weighted by Gasteiger charge is 2.09. The summed E-state index contributed by atoms with van der Waals surface area (Å²) in [6.45, 7) is 0. The molecule has 0 radical (unpaired) electrons. The molecule has 0 aromatic carbocycles. The Bertz CT molecular complexity index is 251. The van der Waals surface area contributed by atoms with Crippen LogP contribution in [-0.2, 0) is 0 Å². The summed E-state index contributed by atoms with van der Waals surface area (Å²) in [5.41, 5.74) is 0. The van der Waals surface area contributed by atoms with E-state index in [1.807, 2.05) is 24.3 Å². The topological polar surface area (TPSA) is 95.2 Å². The maximum absolute atomic E-state index is 8.39. The molecule has 0 amide bonds. The third-order valence-electron chi connectivity index (χ3n) is 1.19. The molecule has 64 valence electrons. The summed E-state index contributed by atoms with van der Waals surface area (Å²) in [6, 6.07) is 7.25. The Labute approximate surface area is 81.0 Å². The van der Waals surface area contributed by atoms with Gasteiger partial charge >= 0.3 is 0 Å². The van der Waals surface area contributed by atoms with Crippen LogP contribution in [0.3, 0.4) is 0 Å². The number of rotatable bonds is 4. The van der Waals surface area contributed by atoms with Gasteiger partial charge in [0.25, 0.3) is 0 Å². The van der Waals surface area contributed by atoms with E-state index in [4.69, 9.17) is 21.0 Å². The standard InChI is InChI=1S/C8H6N4S/c9-1-7(2-10)5-13-6-8(3-11)4-12/h7-8H,5-6H2. The van der Waals surface area contributed by atoms with Crippen LogP contribution in [0.25, 0.3) is 0 Å². The summed E-state index contributed by atoms with van der Waals surface area (Å²) >= 11 is 1.28. The van der Waals surface area contributed by atoms with Gasteiger partial charge in [-0.1, -0.05) is 0 Å². The van der Waals surface area contributed by atoms with E-state index in [9.17, 15) is 0 Å². The molecule has 5 heteroatoms. The van der Waals surface area contributed by atoms with Crippen LogP contribution in [0.1, 0.15) is 0 Å². The largest absolute Gasteiger partial charge is 0.197 e. The fourth-order valence-corrected chi connectivity index (χ4v) is 1.42. The van der Waals surface area contributed by atoms with Crippen LogP contribution in [0.2, 0.25) is 0 Å². The fraction of sp³-hybridized carbons (Fsp3) is 0.500. The van der Waals surface area contributed by atoms with Crippen LogP contribution in [0, 0.1) is 57.2 Å². The zero-order valence-corrected chi connectivity index (χ0v) is 7.58. The van der Waals surface area contributed by atoms with Crippen LogP contribution >= 0.6 is 11.8 Å². The molecule has 0 saturated heterocycles. The van der Waals surface area contributed by atoms with Gasteiger partial charge in [-0.3, -0.25) is 0 Å². The minimum Gasteiger partial charge on any atom is -0.197 e. The Kier molecular flexibility index (Phi) is 6.08. The summed E-state index contributed by atoms with van der Waals surface area (Å²) in [4.78, 5) is 0. The molecule has 0 bridgehead atoms. The summed E-state index contributed by atoms with van der Waals surface area (Å²) in [5, 5.41) is 33.6. The van der Waals surface area contributed by atoms with E-state index in [0.29, 0.717) is 11.5 Å². The van der Waals surface area contributed by atoms with E-state index < -0.39 is 11.8 Å². The Morgan fingerprint density at radius 1 is 0.769 bits per heavy atom. The van der Waals surface area contributed by atoms with Gasteiger partial charge in [0.2, 0.25) is 0 Å². The molecule has 0 N–H and O–H groups in total. The molecule has 4 nitrogen and oxygen atoms in total. The minimum absolute atomic E-state index is 0.354. The van der Waals surface area contributed by atoms with E-state index in [-0.39, 0.29) is 0 Å². The van der Waals surface area contributed by atoms with Crippen molar-refractivity contribution in [2.24, 2.45) is 11.8 Å². The van der Waals surface area contributed by atoms with Crippen LogP contribution < -0.4 is 0 Å². The van der Waals surface area contributed by atoms with Gasteiger partial charge in [-0.25, -0.2) is 0 Å². The SMILES string of the molecule is N#CC(C#N)CSCC(C#N)C#N. The number of hydrogen-bond acceptors (Lipinski definition) is 5. The first-order valence-electron chi connectivity index (χ1n) is 3.44. The molecule has 0 aliphatic heterocycles. The molecule has 0 aromatic rings. The minimum atomic E-state index is -0.650. The van der Waals surface area contributed by atoms with Crippen LogP contribution in [-0.4, -0.2) is 11.5 Å². The van der Waals surface area contributed by atoms with Crippen molar-refractivity contribution in [2.75, 3.05) is 11.5 Å². The molecule has 13 heavy (non-hydrogen) atoms. The van der Waals surface area contributed by atoms with Crippen molar-refractivity contribution in [1.82, 2.24) is 0 Å². The third-order valence-corrected chi connectivity index (χ3v) is 2.33. The molecule has 0 heterocycles. The molecule has 0 fully saturated rings. The van der Waals surface area contributed by atoms with E-state index in [1.54, 1.807) is 0 Å². The van der Waals surface area contributed by atoms with E-state index >= 15 is 0 Å². The number of nitriles is 4. The average molecular weight is 190 g/mol. The Hall–Kier alpha value is -1.69. The molecular formula is C8H6N4S. The van der Waals surface area contributed by atoms with Gasteiger partial charge in [0.15, 0.2) is 0 Å². The number of thioether (sulfide) groups is 1. The van der Waals surface area contributed by atoms with Crippen LogP contribution in [0.4, 0.5) is 0 Å². The van der Waals surface area contributed by atoms with Crippen LogP contribution in [0.5, 0.6) is 0 Å². The van der Waals surface area contributed by atoms with Crippen molar-refractivity contribution in [3.05, 3.63) is 0 Å². The molecule has 0 aliphatic rings. The Morgan fingerprint density at radius 2 is 1.08 bits per heavy atom. The second-order valence-corrected chi connectivity index (χ2v) is 3.23. The van der Waals surface area contributed by atoms with E-state index in [2.05, 4.69) is 0 Å². The summed E-state index contributed by atoms with van der Waals surface area (Å²) in [7, 11) is 0. The van der Waals surface area contributed by atoms with Crippen molar-refractivity contribution in [3.63, 3.8) is 0 Å². The lowest BCUT2D eigenvalue weighted by molar-refractivity contribution is 0.961. The lowest BCUT2D eigenvalue weighted by Crippen LogP contribution is -2.02. The lowest BCUT2D eigenvalue weighted by Gasteiger charge is -1.99. The zero-order chi connectivity index (χ0) is 10.1. The first-order chi connectivity index (χ1) is 6.28. The zero-order valence-electron chi connectivity index (χ0n) is 6.77. The fourth-order valence-electron chi connectivity index (χ4n) is 0.511. The van der Waals surface area contributed by atoms with Gasteiger partial charge in [-0.15, -0.1) is 0 Å². The maximum Gasteiger partial charge on any atom is 0.142 e. The monoisotopic (exact) mass is 190 g/mol.